The Bertz CT molecular complexity index is 1040. The number of benzene rings is 1. The van der Waals surface area contributed by atoms with Gasteiger partial charge in [0.25, 0.3) is 0 Å². The lowest BCUT2D eigenvalue weighted by Gasteiger charge is -1.99. The number of ether oxygens (including phenoxy) is 1. The molecule has 1 N–H and O–H groups in total. The van der Waals surface area contributed by atoms with E-state index in [0.717, 1.165) is 15.8 Å². The zero-order chi connectivity index (χ0) is 17.9. The first-order valence-electron chi connectivity index (χ1n) is 7.81. The maximum atomic E-state index is 12.2. The van der Waals surface area contributed by atoms with E-state index in [1.54, 1.807) is 18.4 Å². The standard InChI is InChI=1S/C17H14N4O3S2/c1-23-11-3-2-4-12-15(11)20-17(26-12)18-13(22)5-6-14-19-16(21-24-14)10-7-8-25-9-10/h2-4,7-9H,5-6H2,1H3,(H,18,20,22). The highest BCUT2D eigenvalue weighted by molar-refractivity contribution is 7.22. The van der Waals surface area contributed by atoms with Gasteiger partial charge in [-0.2, -0.15) is 16.3 Å². The van der Waals surface area contributed by atoms with Crippen LogP contribution in [0.1, 0.15) is 12.3 Å². The summed E-state index contributed by atoms with van der Waals surface area (Å²) in [6.07, 6.45) is 0.607. The van der Waals surface area contributed by atoms with Gasteiger partial charge in [0, 0.05) is 23.8 Å². The van der Waals surface area contributed by atoms with E-state index in [2.05, 4.69) is 20.4 Å². The number of methoxy groups -OCH3 is 1. The molecule has 0 radical (unpaired) electrons. The summed E-state index contributed by atoms with van der Waals surface area (Å²) < 4.78 is 11.4. The molecule has 4 rings (SSSR count). The Kier molecular flexibility index (Phi) is 4.63. The van der Waals surface area contributed by atoms with Gasteiger partial charge in [0.15, 0.2) is 5.13 Å². The van der Waals surface area contributed by atoms with Crippen molar-refractivity contribution >= 4 is 43.9 Å². The van der Waals surface area contributed by atoms with Gasteiger partial charge in [-0.3, -0.25) is 4.79 Å². The van der Waals surface area contributed by atoms with E-state index in [0.29, 0.717) is 29.0 Å². The summed E-state index contributed by atoms with van der Waals surface area (Å²) in [5, 5.41) is 11.2. The molecular formula is C17H14N4O3S2. The zero-order valence-corrected chi connectivity index (χ0v) is 15.4. The van der Waals surface area contributed by atoms with Crippen molar-refractivity contribution < 1.29 is 14.1 Å². The van der Waals surface area contributed by atoms with E-state index < -0.39 is 0 Å². The van der Waals surface area contributed by atoms with Crippen molar-refractivity contribution in [3.63, 3.8) is 0 Å². The van der Waals surface area contributed by atoms with Crippen LogP contribution in [-0.2, 0) is 11.2 Å². The summed E-state index contributed by atoms with van der Waals surface area (Å²) in [5.41, 5.74) is 1.66. The molecule has 132 valence electrons. The Balaban J connectivity index is 1.38. The lowest BCUT2D eigenvalue weighted by Crippen LogP contribution is -2.12. The van der Waals surface area contributed by atoms with Crippen LogP contribution in [0.25, 0.3) is 21.6 Å². The average Bonchev–Trinajstić information content (AvgIpc) is 3.38. The number of carbonyl (C=O) groups is 1. The molecule has 1 amide bonds. The summed E-state index contributed by atoms with van der Waals surface area (Å²) >= 11 is 2.97. The molecule has 4 aromatic rings. The number of rotatable bonds is 6. The number of anilines is 1. The van der Waals surface area contributed by atoms with E-state index >= 15 is 0 Å². The fraction of sp³-hybridized carbons (Fsp3) is 0.176. The van der Waals surface area contributed by atoms with Crippen molar-refractivity contribution in [3.8, 4) is 17.1 Å². The number of nitrogens with zero attached hydrogens (tertiary/aromatic N) is 3. The summed E-state index contributed by atoms with van der Waals surface area (Å²) in [5.74, 6) is 1.51. The molecule has 0 saturated carbocycles. The first-order valence-corrected chi connectivity index (χ1v) is 9.57. The highest BCUT2D eigenvalue weighted by Gasteiger charge is 2.13. The molecular weight excluding hydrogens is 372 g/mol. The molecule has 0 aliphatic rings. The van der Waals surface area contributed by atoms with Crippen LogP contribution in [0.2, 0.25) is 0 Å². The monoisotopic (exact) mass is 386 g/mol. The number of thiophene rings is 1. The van der Waals surface area contributed by atoms with E-state index in [1.165, 1.54) is 11.3 Å². The van der Waals surface area contributed by atoms with Gasteiger partial charge in [0.05, 0.1) is 11.8 Å². The predicted octanol–water partition coefficient (Wildman–Crippen LogP) is 3.99. The van der Waals surface area contributed by atoms with Crippen LogP contribution in [0.4, 0.5) is 5.13 Å². The molecule has 3 aromatic heterocycles. The van der Waals surface area contributed by atoms with Crippen molar-refractivity contribution in [2.45, 2.75) is 12.8 Å². The van der Waals surface area contributed by atoms with Gasteiger partial charge in [-0.15, -0.1) is 0 Å². The maximum Gasteiger partial charge on any atom is 0.227 e. The van der Waals surface area contributed by atoms with Crippen LogP contribution >= 0.6 is 22.7 Å². The molecule has 0 spiro atoms. The molecule has 0 aliphatic carbocycles. The number of hydrogen-bond donors (Lipinski definition) is 1. The van der Waals surface area contributed by atoms with Gasteiger partial charge in [0.2, 0.25) is 17.6 Å². The first kappa shape index (κ1) is 16.7. The first-order chi connectivity index (χ1) is 12.7. The highest BCUT2D eigenvalue weighted by Crippen LogP contribution is 2.32. The molecule has 0 aliphatic heterocycles. The van der Waals surface area contributed by atoms with Crippen molar-refractivity contribution in [1.82, 2.24) is 15.1 Å². The number of amides is 1. The third kappa shape index (κ3) is 3.44. The third-order valence-corrected chi connectivity index (χ3v) is 5.28. The molecule has 0 fully saturated rings. The number of hydrogen-bond acceptors (Lipinski definition) is 8. The van der Waals surface area contributed by atoms with Crippen LogP contribution in [0.15, 0.2) is 39.5 Å². The minimum absolute atomic E-state index is 0.154. The summed E-state index contributed by atoms with van der Waals surface area (Å²) in [6, 6.07) is 7.60. The molecule has 0 saturated heterocycles. The van der Waals surface area contributed by atoms with E-state index in [1.807, 2.05) is 35.0 Å². The number of aromatic nitrogens is 3. The second-order valence-corrected chi connectivity index (χ2v) is 7.21. The molecule has 1 aromatic carbocycles. The number of carbonyl (C=O) groups excluding carboxylic acids is 1. The van der Waals surface area contributed by atoms with Crippen molar-refractivity contribution in [1.29, 1.82) is 0 Å². The molecule has 3 heterocycles. The number of para-hydroxylation sites is 1. The van der Waals surface area contributed by atoms with Crippen molar-refractivity contribution in [2.75, 3.05) is 12.4 Å². The predicted molar refractivity (Wildman–Crippen MR) is 101 cm³/mol. The van der Waals surface area contributed by atoms with Gasteiger partial charge in [-0.1, -0.05) is 22.6 Å². The Labute approximate surface area is 156 Å². The smallest absolute Gasteiger partial charge is 0.227 e. The summed E-state index contributed by atoms with van der Waals surface area (Å²) in [7, 11) is 1.60. The van der Waals surface area contributed by atoms with Crippen LogP contribution in [0.3, 0.4) is 0 Å². The van der Waals surface area contributed by atoms with Crippen molar-refractivity contribution in [3.05, 3.63) is 40.9 Å². The van der Waals surface area contributed by atoms with Crippen molar-refractivity contribution in [2.24, 2.45) is 0 Å². The Hall–Kier alpha value is -2.78. The largest absolute Gasteiger partial charge is 0.494 e. The van der Waals surface area contributed by atoms with E-state index in [9.17, 15) is 4.79 Å². The summed E-state index contributed by atoms with van der Waals surface area (Å²) in [4.78, 5) is 20.9. The SMILES string of the molecule is COc1cccc2sc(NC(=O)CCc3nc(-c4ccsc4)no3)nc12. The fourth-order valence-electron chi connectivity index (χ4n) is 2.41. The second-order valence-electron chi connectivity index (χ2n) is 5.40. The van der Waals surface area contributed by atoms with Crippen LogP contribution < -0.4 is 10.1 Å². The normalized spacial score (nSPS) is 11.0. The minimum atomic E-state index is -0.154. The zero-order valence-electron chi connectivity index (χ0n) is 13.8. The number of fused-ring (bicyclic) bond motifs is 1. The molecule has 0 unspecified atom stereocenters. The average molecular weight is 386 g/mol. The van der Waals surface area contributed by atoms with Crippen LogP contribution in [0, 0.1) is 0 Å². The number of aryl methyl sites for hydroxylation is 1. The maximum absolute atomic E-state index is 12.2. The van der Waals surface area contributed by atoms with Gasteiger partial charge in [-0.05, 0) is 23.6 Å². The quantitative estimate of drug-likeness (QED) is 0.539. The molecule has 26 heavy (non-hydrogen) atoms. The number of nitrogens with one attached hydrogen (secondary N) is 1. The fourth-order valence-corrected chi connectivity index (χ4v) is 3.94. The Morgan fingerprint density at radius 1 is 1.31 bits per heavy atom. The van der Waals surface area contributed by atoms with Gasteiger partial charge in [-0.25, -0.2) is 4.98 Å². The van der Waals surface area contributed by atoms with Crippen LogP contribution in [-0.4, -0.2) is 28.1 Å². The molecule has 7 nitrogen and oxygen atoms in total. The molecule has 0 bridgehead atoms. The Morgan fingerprint density at radius 2 is 2.23 bits per heavy atom. The van der Waals surface area contributed by atoms with E-state index in [-0.39, 0.29) is 12.3 Å². The van der Waals surface area contributed by atoms with Crippen LogP contribution in [0.5, 0.6) is 5.75 Å². The molecule has 0 atom stereocenters. The molecule has 9 heteroatoms. The second kappa shape index (κ2) is 7.22. The van der Waals surface area contributed by atoms with Gasteiger partial charge in [0.1, 0.15) is 11.3 Å². The van der Waals surface area contributed by atoms with Gasteiger partial charge < -0.3 is 14.6 Å². The summed E-state index contributed by atoms with van der Waals surface area (Å²) in [6.45, 7) is 0. The number of thiazole rings is 1. The lowest BCUT2D eigenvalue weighted by molar-refractivity contribution is -0.116. The lowest BCUT2D eigenvalue weighted by atomic mass is 10.3. The third-order valence-electron chi connectivity index (χ3n) is 3.66. The van der Waals surface area contributed by atoms with E-state index in [4.69, 9.17) is 9.26 Å². The highest BCUT2D eigenvalue weighted by atomic mass is 32.1. The minimum Gasteiger partial charge on any atom is -0.494 e. The topological polar surface area (TPSA) is 90.1 Å². The Morgan fingerprint density at radius 3 is 3.04 bits per heavy atom. The van der Waals surface area contributed by atoms with Gasteiger partial charge >= 0.3 is 0 Å².